The Morgan fingerprint density at radius 1 is 0.977 bits per heavy atom. The summed E-state index contributed by atoms with van der Waals surface area (Å²) in [5, 5.41) is 37.6. The molecule has 2 heterocycles. The van der Waals surface area contributed by atoms with E-state index in [1.807, 2.05) is 102 Å². The molecule has 1 aromatic heterocycles. The Labute approximate surface area is 261 Å². The van der Waals surface area contributed by atoms with Crippen LogP contribution in [-0.4, -0.2) is 42.1 Å². The summed E-state index contributed by atoms with van der Waals surface area (Å²) < 4.78 is 12.1. The summed E-state index contributed by atoms with van der Waals surface area (Å²) in [6, 6.07) is 23.3. The van der Waals surface area contributed by atoms with Gasteiger partial charge in [0.05, 0.1) is 19.8 Å². The number of aliphatic hydroxyl groups is 2. The van der Waals surface area contributed by atoms with E-state index in [1.54, 1.807) is 25.2 Å². The van der Waals surface area contributed by atoms with Crippen molar-refractivity contribution >= 4 is 35.3 Å². The molecule has 8 nitrogen and oxygen atoms in total. The van der Waals surface area contributed by atoms with Crippen molar-refractivity contribution in [3.05, 3.63) is 122 Å². The molecule has 222 valence electrons. The van der Waals surface area contributed by atoms with Crippen LogP contribution >= 0.6 is 11.3 Å². The van der Waals surface area contributed by atoms with Crippen molar-refractivity contribution in [3.8, 4) is 17.9 Å². The van der Waals surface area contributed by atoms with E-state index in [0.29, 0.717) is 31.0 Å². The molecule has 4 rings (SSSR count). The van der Waals surface area contributed by atoms with Gasteiger partial charge in [-0.25, -0.2) is 4.85 Å². The van der Waals surface area contributed by atoms with Crippen molar-refractivity contribution < 1.29 is 19.7 Å². The Morgan fingerprint density at radius 2 is 1.64 bits per heavy atom. The van der Waals surface area contributed by atoms with Gasteiger partial charge < -0.3 is 24.6 Å². The van der Waals surface area contributed by atoms with Crippen LogP contribution in [0.2, 0.25) is 0 Å². The van der Waals surface area contributed by atoms with E-state index in [1.165, 1.54) is 0 Å². The Kier molecular flexibility index (Phi) is 10.8. The number of aliphatic hydroxyl groups excluding tert-OH is 2. The number of benzene rings is 2. The van der Waals surface area contributed by atoms with Crippen molar-refractivity contribution in [2.75, 3.05) is 31.2 Å². The number of hydrogen-bond donors (Lipinski definition) is 2. The van der Waals surface area contributed by atoms with Crippen LogP contribution in [0.1, 0.15) is 34.7 Å². The predicted molar refractivity (Wildman–Crippen MR) is 173 cm³/mol. The van der Waals surface area contributed by atoms with Crippen molar-refractivity contribution in [2.45, 2.75) is 26.1 Å². The first-order valence-corrected chi connectivity index (χ1v) is 14.7. The quantitative estimate of drug-likeness (QED) is 0.177. The number of nitriles is 2. The highest BCUT2D eigenvalue weighted by Crippen LogP contribution is 2.41. The minimum Gasteiger partial charge on any atom is -0.493 e. The zero-order valence-electron chi connectivity index (χ0n) is 24.5. The number of thiophene rings is 1. The molecule has 1 aliphatic heterocycles. The second kappa shape index (κ2) is 14.9. The van der Waals surface area contributed by atoms with E-state index in [2.05, 4.69) is 4.85 Å². The number of hydrogen-bond acceptors (Lipinski definition) is 8. The lowest BCUT2D eigenvalue weighted by molar-refractivity contribution is 0.0954. The average Bonchev–Trinajstić information content (AvgIpc) is 3.59. The first-order chi connectivity index (χ1) is 21.3. The Morgan fingerprint density at radius 3 is 2.25 bits per heavy atom. The molecule has 1 aliphatic rings. The van der Waals surface area contributed by atoms with Gasteiger partial charge in [0.1, 0.15) is 30.1 Å². The molecule has 0 unspecified atom stereocenters. The van der Waals surface area contributed by atoms with Gasteiger partial charge >= 0.3 is 0 Å². The average molecular weight is 605 g/mol. The van der Waals surface area contributed by atoms with Crippen LogP contribution in [-0.2, 0) is 11.3 Å². The van der Waals surface area contributed by atoms with Gasteiger partial charge in [-0.05, 0) is 61.9 Å². The van der Waals surface area contributed by atoms with Gasteiger partial charge in [0, 0.05) is 45.7 Å². The van der Waals surface area contributed by atoms with Crippen LogP contribution in [0.4, 0.5) is 5.69 Å². The molecule has 0 bridgehead atoms. The number of rotatable bonds is 12. The number of allylic oxidation sites excluding steroid dienone is 1. The third kappa shape index (κ3) is 7.64. The van der Waals surface area contributed by atoms with E-state index in [4.69, 9.17) is 16.0 Å². The van der Waals surface area contributed by atoms with Crippen LogP contribution in [0.3, 0.4) is 0 Å². The Bertz CT molecular complexity index is 1710. The first kappa shape index (κ1) is 31.8. The monoisotopic (exact) mass is 604 g/mol. The lowest BCUT2D eigenvalue weighted by Crippen LogP contribution is -2.29. The highest BCUT2D eigenvalue weighted by molar-refractivity contribution is 7.13. The van der Waals surface area contributed by atoms with Crippen LogP contribution in [0.5, 0.6) is 5.75 Å². The number of anilines is 1. The Hall–Kier alpha value is -5.11. The predicted octanol–water partition coefficient (Wildman–Crippen LogP) is 6.59. The van der Waals surface area contributed by atoms with Crippen LogP contribution < -0.4 is 9.64 Å². The van der Waals surface area contributed by atoms with E-state index in [9.17, 15) is 20.7 Å². The molecule has 0 aliphatic carbocycles. The molecule has 2 aromatic carbocycles. The lowest BCUT2D eigenvalue weighted by atomic mass is 9.97. The fourth-order valence-corrected chi connectivity index (χ4v) is 5.48. The summed E-state index contributed by atoms with van der Waals surface area (Å²) >= 11 is 1.56. The standard InChI is InChI=1S/C35H32N4O4S/c1-35(2)31(33(38-3)34(43-35)27(22-36)23-37)16-15-30-14-13-29(44-30)12-10-26-9-11-28(39(17-19-40)18-20-41)21-32(26)42-24-25-7-5-4-6-8-25/h4-16,21,40-41H,17-20,24H2,1-2H3/b12-10+,16-15+. The van der Waals surface area contributed by atoms with Gasteiger partial charge in [-0.15, -0.1) is 11.3 Å². The first-order valence-electron chi connectivity index (χ1n) is 13.9. The molecule has 0 radical (unpaired) electrons. The maximum Gasteiger partial charge on any atom is 0.237 e. The maximum atomic E-state index is 9.50. The topological polar surface area (TPSA) is 114 Å². The van der Waals surface area contributed by atoms with Gasteiger partial charge in [-0.2, -0.15) is 10.5 Å². The van der Waals surface area contributed by atoms with Crippen LogP contribution in [0.25, 0.3) is 23.1 Å². The molecule has 44 heavy (non-hydrogen) atoms. The molecule has 0 spiro atoms. The van der Waals surface area contributed by atoms with Crippen molar-refractivity contribution in [1.29, 1.82) is 10.5 Å². The van der Waals surface area contributed by atoms with Gasteiger partial charge in [-0.3, -0.25) is 0 Å². The zero-order valence-corrected chi connectivity index (χ0v) is 25.3. The molecule has 9 heteroatoms. The summed E-state index contributed by atoms with van der Waals surface area (Å²) in [5.74, 6) is 0.705. The van der Waals surface area contributed by atoms with E-state index in [0.717, 1.165) is 26.6 Å². The van der Waals surface area contributed by atoms with Gasteiger partial charge in [0.15, 0.2) is 11.3 Å². The molecule has 0 saturated heterocycles. The second-order valence-electron chi connectivity index (χ2n) is 10.3. The highest BCUT2D eigenvalue weighted by atomic mass is 32.1. The summed E-state index contributed by atoms with van der Waals surface area (Å²) in [7, 11) is 0. The van der Waals surface area contributed by atoms with E-state index >= 15 is 0 Å². The van der Waals surface area contributed by atoms with Crippen molar-refractivity contribution in [1.82, 2.24) is 0 Å². The maximum absolute atomic E-state index is 9.50. The minimum absolute atomic E-state index is 0.0246. The molecule has 3 aromatic rings. The molecule has 0 fully saturated rings. The fraction of sp³-hybridized carbons (Fsp3) is 0.229. The minimum atomic E-state index is -0.864. The van der Waals surface area contributed by atoms with E-state index < -0.39 is 5.60 Å². The molecule has 0 amide bonds. The van der Waals surface area contributed by atoms with Crippen LogP contribution in [0, 0.1) is 29.2 Å². The second-order valence-corrected chi connectivity index (χ2v) is 11.4. The normalized spacial score (nSPS) is 13.9. The number of nitrogens with zero attached hydrogens (tertiary/aromatic N) is 4. The van der Waals surface area contributed by atoms with Gasteiger partial charge in [0.2, 0.25) is 5.70 Å². The smallest absolute Gasteiger partial charge is 0.237 e. The fourth-order valence-electron chi connectivity index (χ4n) is 4.67. The molecular weight excluding hydrogens is 572 g/mol. The third-order valence-corrected chi connectivity index (χ3v) is 7.88. The lowest BCUT2D eigenvalue weighted by Gasteiger charge is -2.24. The van der Waals surface area contributed by atoms with Crippen molar-refractivity contribution in [3.63, 3.8) is 0 Å². The van der Waals surface area contributed by atoms with Crippen LogP contribution in [0.15, 0.2) is 89.3 Å². The molecule has 2 N–H and O–H groups in total. The molecular formula is C35H32N4O4S. The summed E-state index contributed by atoms with van der Waals surface area (Å²) in [5.41, 5.74) is 2.46. The third-order valence-electron chi connectivity index (χ3n) is 6.87. The van der Waals surface area contributed by atoms with E-state index in [-0.39, 0.29) is 30.2 Å². The summed E-state index contributed by atoms with van der Waals surface area (Å²) in [6.07, 6.45) is 7.70. The number of ether oxygens (including phenoxy) is 2. The summed E-state index contributed by atoms with van der Waals surface area (Å²) in [6.45, 7) is 12.4. The summed E-state index contributed by atoms with van der Waals surface area (Å²) in [4.78, 5) is 7.44. The zero-order chi connectivity index (χ0) is 31.5. The highest BCUT2D eigenvalue weighted by Gasteiger charge is 2.38. The van der Waals surface area contributed by atoms with Crippen molar-refractivity contribution in [2.24, 2.45) is 0 Å². The molecule has 0 saturated carbocycles. The SMILES string of the molecule is [C-]#[N+]C1=C(/C=C/c2ccc(/C=C/c3ccc(N(CCO)CCO)cc3OCc3ccccc3)s2)C(C)(C)OC1=C(C#N)C#N. The van der Waals surface area contributed by atoms with Gasteiger partial charge in [-0.1, -0.05) is 36.4 Å². The Balaban J connectivity index is 1.59. The van der Waals surface area contributed by atoms with Gasteiger partial charge in [0.25, 0.3) is 0 Å². The largest absolute Gasteiger partial charge is 0.493 e. The molecule has 0 atom stereocenters.